The molecule has 0 spiro atoms. The maximum Gasteiger partial charge on any atom is 0.228 e. The molecule has 2 aliphatic rings. The fourth-order valence-electron chi connectivity index (χ4n) is 3.41. The normalized spacial score (nSPS) is 22.5. The fourth-order valence-corrected chi connectivity index (χ4v) is 3.41. The van der Waals surface area contributed by atoms with Crippen molar-refractivity contribution in [3.63, 3.8) is 0 Å². The van der Waals surface area contributed by atoms with Crippen molar-refractivity contribution in [2.45, 2.75) is 64.9 Å². The Kier molecular flexibility index (Phi) is 5.15. The summed E-state index contributed by atoms with van der Waals surface area (Å²) in [6.07, 6.45) is 4.89. The van der Waals surface area contributed by atoms with Gasteiger partial charge in [-0.05, 0) is 12.8 Å². The number of amides is 2. The molecular weight excluding hydrogens is 280 g/mol. The molecule has 2 fully saturated rings. The van der Waals surface area contributed by atoms with Gasteiger partial charge in [0.15, 0.2) is 0 Å². The van der Waals surface area contributed by atoms with Gasteiger partial charge in [0, 0.05) is 31.6 Å². The topological polar surface area (TPSA) is 60.9 Å². The van der Waals surface area contributed by atoms with Crippen molar-refractivity contribution in [3.05, 3.63) is 0 Å². The minimum atomic E-state index is -0.798. The summed E-state index contributed by atoms with van der Waals surface area (Å²) < 4.78 is 0. The lowest BCUT2D eigenvalue weighted by atomic mass is 9.82. The summed E-state index contributed by atoms with van der Waals surface area (Å²) in [4.78, 5) is 28.3. The highest BCUT2D eigenvalue weighted by atomic mass is 16.3. The third-order valence-corrected chi connectivity index (χ3v) is 4.83. The van der Waals surface area contributed by atoms with Crippen LogP contribution in [0.3, 0.4) is 0 Å². The van der Waals surface area contributed by atoms with Gasteiger partial charge in [0.05, 0.1) is 12.0 Å². The standard InChI is InChI=1S/C17H30N2O3/c1-16(2,3)15(21)19-11-9-18(10-12-19)14(20)13-17(22)7-5-4-6-8-17/h22H,4-13H2,1-3H3. The summed E-state index contributed by atoms with van der Waals surface area (Å²) in [5, 5.41) is 10.5. The zero-order valence-corrected chi connectivity index (χ0v) is 14.2. The molecule has 0 aromatic rings. The maximum absolute atomic E-state index is 12.4. The number of piperazine rings is 1. The lowest BCUT2D eigenvalue weighted by Gasteiger charge is -2.39. The van der Waals surface area contributed by atoms with Crippen LogP contribution in [0.25, 0.3) is 0 Å². The summed E-state index contributed by atoms with van der Waals surface area (Å²) in [5.74, 6) is 0.178. The van der Waals surface area contributed by atoms with Crippen LogP contribution in [0, 0.1) is 5.41 Å². The van der Waals surface area contributed by atoms with Crippen molar-refractivity contribution < 1.29 is 14.7 Å². The molecule has 0 unspecified atom stereocenters. The van der Waals surface area contributed by atoms with Gasteiger partial charge < -0.3 is 14.9 Å². The number of carbonyl (C=O) groups is 2. The maximum atomic E-state index is 12.4. The molecule has 0 radical (unpaired) electrons. The Balaban J connectivity index is 1.83. The van der Waals surface area contributed by atoms with E-state index in [1.54, 1.807) is 4.90 Å². The lowest BCUT2D eigenvalue weighted by molar-refractivity contribution is -0.147. The van der Waals surface area contributed by atoms with Gasteiger partial charge in [0.25, 0.3) is 0 Å². The van der Waals surface area contributed by atoms with Gasteiger partial charge in [-0.3, -0.25) is 9.59 Å². The van der Waals surface area contributed by atoms with Crippen molar-refractivity contribution in [2.24, 2.45) is 5.41 Å². The van der Waals surface area contributed by atoms with Crippen molar-refractivity contribution in [1.82, 2.24) is 9.80 Å². The average Bonchev–Trinajstić information content (AvgIpc) is 2.46. The number of hydrogen-bond donors (Lipinski definition) is 1. The van der Waals surface area contributed by atoms with E-state index < -0.39 is 5.60 Å². The molecule has 1 aliphatic carbocycles. The third-order valence-electron chi connectivity index (χ3n) is 4.83. The SMILES string of the molecule is CC(C)(C)C(=O)N1CCN(C(=O)CC2(O)CCCCC2)CC1. The largest absolute Gasteiger partial charge is 0.389 e. The number of rotatable bonds is 2. The molecule has 1 aliphatic heterocycles. The highest BCUT2D eigenvalue weighted by molar-refractivity contribution is 5.82. The minimum absolute atomic E-state index is 0.0345. The van der Waals surface area contributed by atoms with Gasteiger partial charge in [-0.1, -0.05) is 40.0 Å². The molecular formula is C17H30N2O3. The van der Waals surface area contributed by atoms with Gasteiger partial charge >= 0.3 is 0 Å². The molecule has 2 amide bonds. The average molecular weight is 310 g/mol. The predicted octanol–water partition coefficient (Wildman–Crippen LogP) is 1.79. The van der Waals surface area contributed by atoms with E-state index in [2.05, 4.69) is 0 Å². The Hall–Kier alpha value is -1.10. The number of nitrogens with zero attached hydrogens (tertiary/aromatic N) is 2. The molecule has 0 aromatic heterocycles. The zero-order chi connectivity index (χ0) is 16.4. The fraction of sp³-hybridized carbons (Fsp3) is 0.882. The predicted molar refractivity (Wildman–Crippen MR) is 85.3 cm³/mol. The Labute approximate surface area is 133 Å². The molecule has 0 bridgehead atoms. The Morgan fingerprint density at radius 2 is 1.45 bits per heavy atom. The first kappa shape index (κ1) is 17.3. The molecule has 1 saturated heterocycles. The minimum Gasteiger partial charge on any atom is -0.389 e. The van der Waals surface area contributed by atoms with E-state index in [-0.39, 0.29) is 23.7 Å². The van der Waals surface area contributed by atoms with Crippen molar-refractivity contribution in [3.8, 4) is 0 Å². The van der Waals surface area contributed by atoms with Crippen molar-refractivity contribution in [1.29, 1.82) is 0 Å². The van der Waals surface area contributed by atoms with Crippen LogP contribution >= 0.6 is 0 Å². The third kappa shape index (κ3) is 4.22. The summed E-state index contributed by atoms with van der Waals surface area (Å²) >= 11 is 0. The number of aliphatic hydroxyl groups is 1. The van der Waals surface area contributed by atoms with Gasteiger partial charge in [-0.15, -0.1) is 0 Å². The second-order valence-electron chi connectivity index (χ2n) is 7.88. The molecule has 0 atom stereocenters. The van der Waals surface area contributed by atoms with Crippen LogP contribution in [0.2, 0.25) is 0 Å². The van der Waals surface area contributed by atoms with Crippen LogP contribution < -0.4 is 0 Å². The van der Waals surface area contributed by atoms with Gasteiger partial charge in [0.2, 0.25) is 11.8 Å². The molecule has 1 N–H and O–H groups in total. The Morgan fingerprint density at radius 1 is 0.955 bits per heavy atom. The first-order valence-corrected chi connectivity index (χ1v) is 8.51. The molecule has 5 heteroatoms. The second kappa shape index (κ2) is 6.57. The van der Waals surface area contributed by atoms with Crippen LogP contribution in [0.4, 0.5) is 0 Å². The summed E-state index contributed by atoms with van der Waals surface area (Å²) in [5.41, 5.74) is -1.17. The molecule has 126 valence electrons. The summed E-state index contributed by atoms with van der Waals surface area (Å²) in [6.45, 7) is 8.12. The van der Waals surface area contributed by atoms with E-state index in [1.807, 2.05) is 25.7 Å². The van der Waals surface area contributed by atoms with E-state index in [1.165, 1.54) is 0 Å². The quantitative estimate of drug-likeness (QED) is 0.846. The van der Waals surface area contributed by atoms with E-state index in [4.69, 9.17) is 0 Å². The molecule has 1 saturated carbocycles. The van der Waals surface area contributed by atoms with Crippen molar-refractivity contribution >= 4 is 11.8 Å². The Morgan fingerprint density at radius 3 is 1.95 bits per heavy atom. The van der Waals surface area contributed by atoms with Crippen LogP contribution in [0.15, 0.2) is 0 Å². The van der Waals surface area contributed by atoms with Crippen LogP contribution in [0.5, 0.6) is 0 Å². The zero-order valence-electron chi connectivity index (χ0n) is 14.2. The summed E-state index contributed by atoms with van der Waals surface area (Å²) in [7, 11) is 0. The number of carbonyl (C=O) groups excluding carboxylic acids is 2. The molecule has 2 rings (SSSR count). The van der Waals surface area contributed by atoms with E-state index in [0.29, 0.717) is 26.2 Å². The Bertz CT molecular complexity index is 414. The van der Waals surface area contributed by atoms with Gasteiger partial charge in [-0.25, -0.2) is 0 Å². The molecule has 22 heavy (non-hydrogen) atoms. The first-order chi connectivity index (χ1) is 10.2. The van der Waals surface area contributed by atoms with Gasteiger partial charge in [0.1, 0.15) is 0 Å². The van der Waals surface area contributed by atoms with Gasteiger partial charge in [-0.2, -0.15) is 0 Å². The van der Waals surface area contributed by atoms with Crippen LogP contribution in [-0.2, 0) is 9.59 Å². The molecule has 0 aromatic carbocycles. The smallest absolute Gasteiger partial charge is 0.228 e. The van der Waals surface area contributed by atoms with Crippen LogP contribution in [-0.4, -0.2) is 58.5 Å². The van der Waals surface area contributed by atoms with Crippen LogP contribution in [0.1, 0.15) is 59.3 Å². The number of hydrogen-bond acceptors (Lipinski definition) is 3. The lowest BCUT2D eigenvalue weighted by Crippen LogP contribution is -2.54. The van der Waals surface area contributed by atoms with E-state index >= 15 is 0 Å². The summed E-state index contributed by atoms with van der Waals surface area (Å²) in [6, 6.07) is 0. The second-order valence-corrected chi connectivity index (χ2v) is 7.88. The highest BCUT2D eigenvalue weighted by Gasteiger charge is 2.35. The van der Waals surface area contributed by atoms with E-state index in [9.17, 15) is 14.7 Å². The highest BCUT2D eigenvalue weighted by Crippen LogP contribution is 2.31. The molecule has 5 nitrogen and oxygen atoms in total. The first-order valence-electron chi connectivity index (χ1n) is 8.51. The van der Waals surface area contributed by atoms with E-state index in [0.717, 1.165) is 32.1 Å². The molecule has 1 heterocycles. The van der Waals surface area contributed by atoms with Crippen molar-refractivity contribution in [2.75, 3.05) is 26.2 Å². The monoisotopic (exact) mass is 310 g/mol.